The number of nitriles is 1. The van der Waals surface area contributed by atoms with Crippen LogP contribution in [0.25, 0.3) is 0 Å². The van der Waals surface area contributed by atoms with Crippen LogP contribution in [0, 0.1) is 18.3 Å². The maximum Gasteiger partial charge on any atom is 0.296 e. The molecule has 296 valence electrons. The topological polar surface area (TPSA) is 310 Å². The number of pyridine rings is 1. The molecule has 0 aliphatic carbocycles. The van der Waals surface area contributed by atoms with Gasteiger partial charge in [-0.05, 0) is 54.9 Å². The molecule has 56 heavy (non-hydrogen) atoms. The van der Waals surface area contributed by atoms with Crippen LogP contribution in [0.5, 0.6) is 0 Å². The van der Waals surface area contributed by atoms with Gasteiger partial charge in [-0.25, -0.2) is 27.1 Å². The summed E-state index contributed by atoms with van der Waals surface area (Å²) in [6.07, 6.45) is 0. The van der Waals surface area contributed by atoms with Crippen molar-refractivity contribution in [1.29, 1.82) is 5.26 Å². The maximum atomic E-state index is 12.4. The Labute approximate surface area is 329 Å². The number of aromatic nitrogens is 4. The highest BCUT2D eigenvalue weighted by molar-refractivity contribution is 7.94. The number of hydrogen-bond acceptors (Lipinski definition) is 21. The molecule has 4 rings (SSSR count). The first-order chi connectivity index (χ1) is 26.5. The van der Waals surface area contributed by atoms with Gasteiger partial charge in [-0.15, -0.1) is 14.6 Å². The predicted octanol–water partition coefficient (Wildman–Crippen LogP) is 5.62. The number of azo groups is 1. The number of anilines is 6. The third-order valence-corrected chi connectivity index (χ3v) is 11.2. The quantitative estimate of drug-likeness (QED) is 0.0206. The van der Waals surface area contributed by atoms with Gasteiger partial charge in [-0.3, -0.25) is 4.55 Å². The molecule has 21 nitrogen and oxygen atoms in total. The monoisotopic (exact) mass is 867 g/mol. The molecule has 0 unspecified atom stereocenters. The van der Waals surface area contributed by atoms with E-state index in [4.69, 9.17) is 16.9 Å². The highest BCUT2D eigenvalue weighted by Crippen LogP contribution is 2.37. The van der Waals surface area contributed by atoms with Crippen molar-refractivity contribution in [3.05, 3.63) is 82.8 Å². The Balaban J connectivity index is 1.72. The zero-order valence-electron chi connectivity index (χ0n) is 28.7. The molecule has 0 bridgehead atoms. The fourth-order valence-corrected chi connectivity index (χ4v) is 6.68. The van der Waals surface area contributed by atoms with Crippen molar-refractivity contribution in [2.75, 3.05) is 45.9 Å². The van der Waals surface area contributed by atoms with Gasteiger partial charge in [-0.2, -0.15) is 28.6 Å². The number of hydrogen-bond donors (Lipinski definition) is 6. The van der Waals surface area contributed by atoms with Gasteiger partial charge in [0.25, 0.3) is 10.1 Å². The molecular weight excluding hydrogens is 838 g/mol. The van der Waals surface area contributed by atoms with Crippen LogP contribution >= 0.6 is 23.6 Å². The van der Waals surface area contributed by atoms with Crippen LogP contribution in [0.1, 0.15) is 11.1 Å². The van der Waals surface area contributed by atoms with Gasteiger partial charge in [0.05, 0.1) is 29.1 Å². The lowest BCUT2D eigenvalue weighted by atomic mass is 10.1. The first-order valence-electron chi connectivity index (χ1n) is 15.3. The maximum absolute atomic E-state index is 12.4. The van der Waals surface area contributed by atoms with E-state index in [1.54, 1.807) is 24.3 Å². The van der Waals surface area contributed by atoms with E-state index < -0.39 is 46.1 Å². The zero-order valence-corrected chi connectivity index (χ0v) is 32.8. The largest absolute Gasteiger partial charge is 0.368 e. The Kier molecular flexibility index (Phi) is 14.8. The predicted molar refractivity (Wildman–Crippen MR) is 208 cm³/mol. The third-order valence-electron chi connectivity index (χ3n) is 7.00. The van der Waals surface area contributed by atoms with Crippen molar-refractivity contribution < 1.29 is 44.4 Å². The lowest BCUT2D eigenvalue weighted by Crippen LogP contribution is -2.17. The minimum atomic E-state index is -4.89. The van der Waals surface area contributed by atoms with Crippen molar-refractivity contribution in [3.8, 4) is 6.07 Å². The lowest BCUT2D eigenvalue weighted by molar-refractivity contribution is -0.432. The second-order valence-electron chi connectivity index (χ2n) is 10.8. The average Bonchev–Trinajstić information content (AvgIpc) is 3.13. The lowest BCUT2D eigenvalue weighted by Gasteiger charge is -2.15. The minimum Gasteiger partial charge on any atom is -0.368 e. The van der Waals surface area contributed by atoms with E-state index in [-0.39, 0.29) is 70.2 Å². The van der Waals surface area contributed by atoms with E-state index >= 15 is 0 Å². The molecule has 2 aromatic carbocycles. The molecule has 4 aromatic rings. The van der Waals surface area contributed by atoms with E-state index in [1.807, 2.05) is 6.07 Å². The van der Waals surface area contributed by atoms with E-state index in [1.165, 1.54) is 19.1 Å². The molecule has 0 saturated heterocycles. The molecule has 0 saturated carbocycles. The van der Waals surface area contributed by atoms with Crippen molar-refractivity contribution in [3.63, 3.8) is 0 Å². The van der Waals surface area contributed by atoms with Crippen LogP contribution in [0.2, 0.25) is 5.28 Å². The summed E-state index contributed by atoms with van der Waals surface area (Å²) in [5.74, 6) is -1.11. The summed E-state index contributed by atoms with van der Waals surface area (Å²) in [4.78, 5) is 16.5. The summed E-state index contributed by atoms with van der Waals surface area (Å²) in [7, 11) is -12.2. The Morgan fingerprint density at radius 3 is 2.07 bits per heavy atom. The molecule has 0 fully saturated rings. The van der Waals surface area contributed by atoms with Gasteiger partial charge in [0, 0.05) is 45.7 Å². The van der Waals surface area contributed by atoms with Crippen molar-refractivity contribution in [1.82, 2.24) is 19.9 Å². The van der Waals surface area contributed by atoms with Crippen LogP contribution in [-0.2, 0) is 39.2 Å². The SMILES string of the molecule is C=CS(=O)(=O)CCNc1nc(NCCS(=O)(=O)C=C)c(/N=N/c2cc(Nc3nc(Cl)nc(Nc4cccc(SOOO)c4)n3)ccc2S(=O)(=O)O)c(C)c1C#N. The van der Waals surface area contributed by atoms with Gasteiger partial charge in [0.15, 0.2) is 25.5 Å². The summed E-state index contributed by atoms with van der Waals surface area (Å²) < 4.78 is 87.2. The highest BCUT2D eigenvalue weighted by Gasteiger charge is 2.21. The standard InChI is InChI=1S/C30H30ClN11O10S4/c1-4-54(44,45)13-11-33-26-22(17-32)18(3)25(27(37-26)34-12-14-55(46,47)5-2)42-41-23-16-20(9-10-24(23)56(48,49)50)36-30-39-28(31)38-29(40-30)35-19-7-6-8-21(15-19)53-52-51-43/h4-10,15-16,43H,1-2,11-14H2,3H3,(H2,33,34,37)(H,48,49,50)(H2,35,36,38,39,40)/b42-41+. The van der Waals surface area contributed by atoms with Gasteiger partial charge >= 0.3 is 0 Å². The van der Waals surface area contributed by atoms with Gasteiger partial charge in [-0.1, -0.05) is 24.3 Å². The molecular formula is C30H30ClN11O10S4. The van der Waals surface area contributed by atoms with E-state index in [2.05, 4.69) is 74.0 Å². The van der Waals surface area contributed by atoms with E-state index in [0.29, 0.717) is 10.6 Å². The molecule has 0 spiro atoms. The zero-order chi connectivity index (χ0) is 41.1. The first-order valence-corrected chi connectivity index (χ1v) is 21.3. The molecule has 26 heteroatoms. The molecule has 0 aliphatic heterocycles. The summed E-state index contributed by atoms with van der Waals surface area (Å²) in [5.41, 5.74) is 0.131. The highest BCUT2D eigenvalue weighted by atomic mass is 35.5. The summed E-state index contributed by atoms with van der Waals surface area (Å²) in [6.45, 7) is 7.58. The fraction of sp³-hybridized carbons (Fsp3) is 0.167. The summed E-state index contributed by atoms with van der Waals surface area (Å²) in [6, 6.07) is 12.0. The molecule has 0 atom stereocenters. The second kappa shape index (κ2) is 19.0. The average molecular weight is 868 g/mol. The Bertz CT molecular complexity index is 2540. The molecule has 2 aromatic heterocycles. The van der Waals surface area contributed by atoms with Crippen molar-refractivity contribution in [2.24, 2.45) is 10.2 Å². The molecule has 0 aliphatic rings. The van der Waals surface area contributed by atoms with Crippen LogP contribution in [-0.4, -0.2) is 79.6 Å². The Morgan fingerprint density at radius 2 is 1.50 bits per heavy atom. The van der Waals surface area contributed by atoms with E-state index in [0.717, 1.165) is 28.9 Å². The Hall–Kier alpha value is -5.30. The number of nitrogens with zero attached hydrogens (tertiary/aromatic N) is 7. The minimum absolute atomic E-state index is 0.0131. The van der Waals surface area contributed by atoms with Gasteiger partial charge < -0.3 is 21.3 Å². The number of sulfone groups is 2. The molecule has 0 amide bonds. The van der Waals surface area contributed by atoms with Crippen LogP contribution in [0.3, 0.4) is 0 Å². The second-order valence-corrected chi connectivity index (χ2v) is 17.4. The smallest absolute Gasteiger partial charge is 0.296 e. The van der Waals surface area contributed by atoms with Gasteiger partial charge in [0.1, 0.15) is 28.2 Å². The van der Waals surface area contributed by atoms with Crippen molar-refractivity contribution in [2.45, 2.75) is 16.7 Å². The molecule has 0 radical (unpaired) electrons. The van der Waals surface area contributed by atoms with E-state index in [9.17, 15) is 35.1 Å². The Morgan fingerprint density at radius 1 is 0.893 bits per heavy atom. The normalized spacial score (nSPS) is 11.8. The van der Waals surface area contributed by atoms with Crippen LogP contribution < -0.4 is 21.3 Å². The molecule has 6 N–H and O–H groups in total. The first kappa shape index (κ1) is 43.4. The fourth-order valence-electron chi connectivity index (χ4n) is 4.39. The van der Waals surface area contributed by atoms with Crippen LogP contribution in [0.4, 0.5) is 46.3 Å². The third kappa shape index (κ3) is 12.4. The van der Waals surface area contributed by atoms with Crippen LogP contribution in [0.15, 0.2) is 86.5 Å². The number of halogens is 1. The van der Waals surface area contributed by atoms with Crippen molar-refractivity contribution >= 4 is 99.7 Å². The number of nitrogens with one attached hydrogen (secondary N) is 4. The van der Waals surface area contributed by atoms with Gasteiger partial charge in [0.2, 0.25) is 17.2 Å². The number of benzene rings is 2. The molecule has 2 heterocycles. The number of rotatable bonds is 20. The summed E-state index contributed by atoms with van der Waals surface area (Å²) >= 11 is 6.86. The summed E-state index contributed by atoms with van der Waals surface area (Å²) in [5, 5.41) is 42.9.